The van der Waals surface area contributed by atoms with Gasteiger partial charge in [-0.25, -0.2) is 9.13 Å². The number of phosphoric ester groups is 2. The maximum Gasteiger partial charge on any atom is 0.472 e. The van der Waals surface area contributed by atoms with Crippen LogP contribution in [-0.4, -0.2) is 95.9 Å². The van der Waals surface area contributed by atoms with E-state index in [4.69, 9.17) is 32.3 Å². The Bertz CT molecular complexity index is 2730. The first-order valence-electron chi connectivity index (χ1n) is 44.4. The van der Waals surface area contributed by atoms with E-state index in [2.05, 4.69) is 173 Å². The molecule has 0 aromatic heterocycles. The van der Waals surface area contributed by atoms with Gasteiger partial charge >= 0.3 is 33.6 Å². The van der Waals surface area contributed by atoms with Gasteiger partial charge in [-0.3, -0.25) is 32.5 Å². The van der Waals surface area contributed by atoms with Crippen LogP contribution in [0.15, 0.2) is 170 Å². The van der Waals surface area contributed by atoms with Crippen molar-refractivity contribution in [3.63, 3.8) is 0 Å². The van der Waals surface area contributed by atoms with Gasteiger partial charge in [-0.15, -0.1) is 0 Å². The number of hydrogen-bond donors (Lipinski definition) is 4. The molecule has 0 fully saturated rings. The molecule has 16 nitrogen and oxygen atoms in total. The van der Waals surface area contributed by atoms with E-state index in [1.165, 1.54) is 167 Å². The zero-order valence-electron chi connectivity index (χ0n) is 71.0. The monoisotopic (exact) mass is 1620 g/mol. The molecule has 0 radical (unpaired) electrons. The third kappa shape index (κ3) is 87.6. The minimum Gasteiger partial charge on any atom is -0.463 e. The van der Waals surface area contributed by atoms with E-state index in [0.29, 0.717) is 25.7 Å². The summed E-state index contributed by atoms with van der Waals surface area (Å²) in [5.41, 5.74) is 0. The molecule has 0 aliphatic carbocycles. The van der Waals surface area contributed by atoms with Crippen molar-refractivity contribution >= 4 is 33.6 Å². The van der Waals surface area contributed by atoms with E-state index in [-0.39, 0.29) is 19.3 Å². The largest absolute Gasteiger partial charge is 0.472 e. The van der Waals surface area contributed by atoms with E-state index in [0.717, 1.165) is 122 Å². The zero-order valence-corrected chi connectivity index (χ0v) is 72.8. The average molecular weight is 1620 g/mol. The maximum absolute atomic E-state index is 13.0. The van der Waals surface area contributed by atoms with Gasteiger partial charge in [-0.2, -0.15) is 0 Å². The first-order chi connectivity index (χ1) is 55.2. The lowest BCUT2D eigenvalue weighted by molar-refractivity contribution is -0.161. The standard InChI is InChI=1S/C95H160O16P2/c1-4-7-10-13-16-19-22-25-28-31-34-36-38-40-41-42-43-44-45-46-47-49-51-52-55-57-60-63-66-69-72-75-78-81-93(98)105-84-90(96)85-107-112(101,102)108-86-91(97)87-109-113(103,104)110-89-92(111-95(100)83-80-77-74-71-68-65-62-59-54-33-30-27-24-21-18-15-12-9-6-3)88-106-94(99)82-79-76-73-70-67-64-61-58-56-53-50-48-39-37-35-32-29-26-23-20-17-14-11-8-5-2/h9,12,16-21,25-30,34-37,40-41,48,50,54,59,65,68,74,77,90-92,96-97H,4-8,10-11,13-15,22-24,31-33,38-39,42-47,49,51-53,55-58,60-64,66-67,69-73,75-76,78-89H2,1-3H3,(H,101,102)(H,103,104)/b12-9-,19-16-,20-17-,21-18-,28-25-,29-26-,30-27-,36-34-,37-35-,41-40-,50-48-,59-54-,68-65-,77-74-. The number of hydrogen-bond acceptors (Lipinski definition) is 14. The van der Waals surface area contributed by atoms with Crippen LogP contribution in [0.25, 0.3) is 0 Å². The normalized spacial score (nSPS) is 14.6. The molecule has 0 heterocycles. The molecule has 646 valence electrons. The second-order valence-electron chi connectivity index (χ2n) is 29.3. The van der Waals surface area contributed by atoms with Crippen molar-refractivity contribution < 1.29 is 75.8 Å². The van der Waals surface area contributed by atoms with Gasteiger partial charge in [0, 0.05) is 19.3 Å². The third-order valence-electron chi connectivity index (χ3n) is 18.4. The summed E-state index contributed by atoms with van der Waals surface area (Å²) in [6.45, 7) is 2.44. The number of aliphatic hydroxyl groups is 2. The topological polar surface area (TPSA) is 231 Å². The van der Waals surface area contributed by atoms with E-state index < -0.39 is 91.5 Å². The molecule has 0 spiro atoms. The molecule has 0 saturated carbocycles. The van der Waals surface area contributed by atoms with Crippen LogP contribution in [0.3, 0.4) is 0 Å². The maximum atomic E-state index is 13.0. The summed E-state index contributed by atoms with van der Waals surface area (Å²) in [4.78, 5) is 58.8. The highest BCUT2D eigenvalue weighted by Crippen LogP contribution is 2.45. The Morgan fingerprint density at radius 1 is 0.257 bits per heavy atom. The Labute approximate surface area is 688 Å². The number of carbonyl (C=O) groups excluding carboxylic acids is 3. The molecule has 0 rings (SSSR count). The van der Waals surface area contributed by atoms with Crippen LogP contribution in [0.5, 0.6) is 0 Å². The minimum absolute atomic E-state index is 0.0270. The van der Waals surface area contributed by atoms with E-state index >= 15 is 0 Å². The fourth-order valence-corrected chi connectivity index (χ4v) is 13.3. The Balaban J connectivity index is 4.58. The van der Waals surface area contributed by atoms with Crippen molar-refractivity contribution in [1.29, 1.82) is 0 Å². The molecule has 5 unspecified atom stereocenters. The Morgan fingerprint density at radius 2 is 0.487 bits per heavy atom. The quantitative estimate of drug-likeness (QED) is 0.0146. The second kappa shape index (κ2) is 86.3. The lowest BCUT2D eigenvalue weighted by Crippen LogP contribution is -2.29. The molecule has 0 saturated heterocycles. The summed E-state index contributed by atoms with van der Waals surface area (Å²) in [5, 5.41) is 20.7. The third-order valence-corrected chi connectivity index (χ3v) is 20.3. The summed E-state index contributed by atoms with van der Waals surface area (Å²) in [6, 6.07) is 0. The predicted octanol–water partition coefficient (Wildman–Crippen LogP) is 27.1. The van der Waals surface area contributed by atoms with Gasteiger partial charge in [0.25, 0.3) is 0 Å². The first-order valence-corrected chi connectivity index (χ1v) is 47.4. The highest BCUT2D eigenvalue weighted by molar-refractivity contribution is 7.47. The van der Waals surface area contributed by atoms with Crippen LogP contribution in [0.4, 0.5) is 0 Å². The lowest BCUT2D eigenvalue weighted by atomic mass is 10.0. The van der Waals surface area contributed by atoms with Crippen LogP contribution < -0.4 is 0 Å². The molecule has 0 amide bonds. The average Bonchev–Trinajstić information content (AvgIpc) is 0.902. The van der Waals surface area contributed by atoms with Crippen LogP contribution in [0.2, 0.25) is 0 Å². The number of allylic oxidation sites excluding steroid dienone is 28. The molecule has 0 aromatic rings. The van der Waals surface area contributed by atoms with Crippen molar-refractivity contribution in [2.24, 2.45) is 0 Å². The van der Waals surface area contributed by atoms with Crippen LogP contribution in [0, 0.1) is 0 Å². The molecule has 4 N–H and O–H groups in total. The van der Waals surface area contributed by atoms with E-state index in [1.807, 2.05) is 18.2 Å². The molecule has 18 heteroatoms. The van der Waals surface area contributed by atoms with Gasteiger partial charge in [-0.05, 0) is 148 Å². The van der Waals surface area contributed by atoms with Gasteiger partial charge in [-0.1, -0.05) is 358 Å². The highest BCUT2D eigenvalue weighted by atomic mass is 31.2. The summed E-state index contributed by atoms with van der Waals surface area (Å²) >= 11 is 0. The Hall–Kier alpha value is -5.09. The number of rotatable bonds is 83. The number of carbonyl (C=O) groups is 3. The fourth-order valence-electron chi connectivity index (χ4n) is 11.7. The minimum atomic E-state index is -4.96. The molecule has 5 atom stereocenters. The Morgan fingerprint density at radius 3 is 0.779 bits per heavy atom. The summed E-state index contributed by atoms with van der Waals surface area (Å²) < 4.78 is 61.3. The first kappa shape index (κ1) is 108. The lowest BCUT2D eigenvalue weighted by Gasteiger charge is -2.21. The second-order valence-corrected chi connectivity index (χ2v) is 32.2. The number of aliphatic hydroxyl groups excluding tert-OH is 2. The Kier molecular flexibility index (Phi) is 82.4. The highest BCUT2D eigenvalue weighted by Gasteiger charge is 2.29. The van der Waals surface area contributed by atoms with Crippen molar-refractivity contribution in [2.75, 3.05) is 39.6 Å². The van der Waals surface area contributed by atoms with Crippen molar-refractivity contribution in [1.82, 2.24) is 0 Å². The van der Waals surface area contributed by atoms with Crippen LogP contribution in [0.1, 0.15) is 355 Å². The van der Waals surface area contributed by atoms with Crippen LogP contribution >= 0.6 is 15.6 Å². The molecular formula is C95H160O16P2. The van der Waals surface area contributed by atoms with Gasteiger partial charge in [0.15, 0.2) is 6.10 Å². The molecule has 0 aromatic carbocycles. The van der Waals surface area contributed by atoms with Crippen molar-refractivity contribution in [3.8, 4) is 0 Å². The fraction of sp³-hybridized carbons (Fsp3) is 0.674. The van der Waals surface area contributed by atoms with Gasteiger partial charge in [0.1, 0.15) is 25.4 Å². The number of ether oxygens (including phenoxy) is 3. The van der Waals surface area contributed by atoms with Crippen molar-refractivity contribution in [3.05, 3.63) is 170 Å². The molecule has 0 bridgehead atoms. The smallest absolute Gasteiger partial charge is 0.463 e. The van der Waals surface area contributed by atoms with Gasteiger partial charge in [0.2, 0.25) is 0 Å². The molecular weight excluding hydrogens is 1460 g/mol. The number of unbranched alkanes of at least 4 members (excludes halogenated alkanes) is 32. The van der Waals surface area contributed by atoms with Crippen molar-refractivity contribution in [2.45, 2.75) is 373 Å². The zero-order chi connectivity index (χ0) is 82.2. The van der Waals surface area contributed by atoms with Gasteiger partial charge in [0.05, 0.1) is 26.4 Å². The number of phosphoric acid groups is 2. The molecule has 113 heavy (non-hydrogen) atoms. The summed E-state index contributed by atoms with van der Waals surface area (Å²) in [7, 11) is -9.84. The van der Waals surface area contributed by atoms with Crippen LogP contribution in [-0.2, 0) is 55.8 Å². The van der Waals surface area contributed by atoms with Gasteiger partial charge < -0.3 is 34.2 Å². The number of esters is 3. The summed E-state index contributed by atoms with van der Waals surface area (Å²) in [6.07, 6.45) is 111. The van der Waals surface area contributed by atoms with E-state index in [1.54, 1.807) is 0 Å². The predicted molar refractivity (Wildman–Crippen MR) is 472 cm³/mol. The molecule has 0 aliphatic rings. The summed E-state index contributed by atoms with van der Waals surface area (Å²) in [5.74, 6) is -1.68. The SMILES string of the molecule is CC/C=C\C/C=C\C/C=C\C/C=C\C/C=C\C/C=C\CCC(=O)OC(COC(=O)CCCCCCCCCCC/C=C\C/C=C\C/C=C\C/C=C\CCCCC)COP(=O)(O)OCC(O)COP(=O)(O)OCC(O)COC(=O)CCCCCCCCCCCCCCCCCCC/C=C\C/C=C\C/C=C\C/C=C\CCCCC. The molecule has 0 aliphatic heterocycles. The van der Waals surface area contributed by atoms with E-state index in [9.17, 15) is 43.5 Å².